The molecule has 0 fully saturated rings. The van der Waals surface area contributed by atoms with Gasteiger partial charge in [-0.1, -0.05) is 78.9 Å². The van der Waals surface area contributed by atoms with E-state index in [2.05, 4.69) is 106 Å². The van der Waals surface area contributed by atoms with Gasteiger partial charge in [0.1, 0.15) is 0 Å². The number of aryl methyl sites for hydroxylation is 2. The minimum atomic E-state index is 0.964. The largest absolute Gasteiger partial charge is 0.337 e. The molecule has 31 heavy (non-hydrogen) atoms. The van der Waals surface area contributed by atoms with E-state index in [1.54, 1.807) is 0 Å². The zero-order valence-electron chi connectivity index (χ0n) is 17.3. The zero-order chi connectivity index (χ0) is 20.6. The minimum absolute atomic E-state index is 0.964. The lowest BCUT2D eigenvalue weighted by molar-refractivity contribution is 0.678. The Labute approximate surface area is 181 Å². The summed E-state index contributed by atoms with van der Waals surface area (Å²) in [7, 11) is 0. The Balaban J connectivity index is 1.50. The first-order chi connectivity index (χ1) is 15.4. The first-order valence-electron chi connectivity index (χ1n) is 10.9. The Morgan fingerprint density at radius 1 is 0.710 bits per heavy atom. The van der Waals surface area contributed by atoms with Crippen molar-refractivity contribution in [3.8, 4) is 11.3 Å². The summed E-state index contributed by atoms with van der Waals surface area (Å²) >= 11 is 0. The molecule has 0 N–H and O–H groups in total. The molecule has 6 aromatic rings. The monoisotopic (exact) mass is 401 g/mol. The Hall–Kier alpha value is -3.85. The van der Waals surface area contributed by atoms with Crippen molar-refractivity contribution in [2.24, 2.45) is 0 Å². The molecule has 3 aromatic heterocycles. The molecule has 0 amide bonds. The molecule has 0 aliphatic heterocycles. The predicted molar refractivity (Wildman–Crippen MR) is 128 cm³/mol. The molecular weight excluding hydrogens is 378 g/mol. The van der Waals surface area contributed by atoms with Gasteiger partial charge in [0.25, 0.3) is 0 Å². The van der Waals surface area contributed by atoms with Crippen molar-refractivity contribution in [2.45, 2.75) is 19.4 Å². The standard InChI is InChI=1S/C28H23N3/c1-3-10-21(11-4-1)12-9-18-31-26-16-8-7-15-23(26)24-17-19-30-20-25(29-28(30)27(24)31)22-13-5-2-6-14-22/h1-8,10-11,13-17,19-20H,9,12,18H2. The highest BCUT2D eigenvalue weighted by Gasteiger charge is 2.16. The van der Waals surface area contributed by atoms with Gasteiger partial charge in [0, 0.05) is 40.8 Å². The van der Waals surface area contributed by atoms with E-state index in [0.717, 1.165) is 36.3 Å². The summed E-state index contributed by atoms with van der Waals surface area (Å²) in [5.74, 6) is 0. The SMILES string of the molecule is c1ccc(CCCn2c3ccccc3c3ccn4cc(-c5ccccc5)nc4c32)cc1. The quantitative estimate of drug-likeness (QED) is 0.313. The Kier molecular flexibility index (Phi) is 4.31. The van der Waals surface area contributed by atoms with Gasteiger partial charge in [-0.2, -0.15) is 0 Å². The lowest BCUT2D eigenvalue weighted by Crippen LogP contribution is -2.01. The molecule has 6 rings (SSSR count). The predicted octanol–water partition coefficient (Wildman–Crippen LogP) is 6.74. The summed E-state index contributed by atoms with van der Waals surface area (Å²) in [5.41, 5.74) is 7.06. The molecule has 3 heteroatoms. The average Bonchev–Trinajstić information content (AvgIpc) is 3.40. The molecule has 0 radical (unpaired) electrons. The van der Waals surface area contributed by atoms with E-state index in [-0.39, 0.29) is 0 Å². The highest BCUT2D eigenvalue weighted by Crippen LogP contribution is 2.33. The van der Waals surface area contributed by atoms with Crippen LogP contribution in [0.25, 0.3) is 38.7 Å². The number of fused-ring (bicyclic) bond motifs is 5. The third-order valence-electron chi connectivity index (χ3n) is 6.12. The lowest BCUT2D eigenvalue weighted by Gasteiger charge is -2.08. The van der Waals surface area contributed by atoms with Crippen molar-refractivity contribution in [1.29, 1.82) is 0 Å². The second-order valence-electron chi connectivity index (χ2n) is 8.06. The van der Waals surface area contributed by atoms with E-state index in [1.165, 1.54) is 27.4 Å². The maximum Gasteiger partial charge on any atom is 0.162 e. The van der Waals surface area contributed by atoms with Crippen molar-refractivity contribution >= 4 is 27.5 Å². The molecule has 0 spiro atoms. The normalized spacial score (nSPS) is 11.6. The van der Waals surface area contributed by atoms with Gasteiger partial charge in [-0.05, 0) is 30.5 Å². The maximum atomic E-state index is 5.08. The number of imidazole rings is 1. The average molecular weight is 402 g/mol. The van der Waals surface area contributed by atoms with Crippen LogP contribution >= 0.6 is 0 Å². The van der Waals surface area contributed by atoms with Gasteiger partial charge in [0.2, 0.25) is 0 Å². The number of hydrogen-bond donors (Lipinski definition) is 0. The molecule has 0 bridgehead atoms. The van der Waals surface area contributed by atoms with Crippen molar-refractivity contribution in [1.82, 2.24) is 14.0 Å². The molecule has 3 nitrogen and oxygen atoms in total. The number of hydrogen-bond acceptors (Lipinski definition) is 1. The van der Waals surface area contributed by atoms with E-state index < -0.39 is 0 Å². The summed E-state index contributed by atoms with van der Waals surface area (Å²) in [6, 6.07) is 32.1. The fourth-order valence-electron chi connectivity index (χ4n) is 4.64. The molecule has 0 saturated heterocycles. The first kappa shape index (κ1) is 18.0. The smallest absolute Gasteiger partial charge is 0.162 e. The van der Waals surface area contributed by atoms with E-state index in [9.17, 15) is 0 Å². The fraction of sp³-hybridized carbons (Fsp3) is 0.107. The molecular formula is C28H23N3. The number of pyridine rings is 1. The van der Waals surface area contributed by atoms with E-state index >= 15 is 0 Å². The summed E-state index contributed by atoms with van der Waals surface area (Å²) < 4.78 is 4.63. The number of benzene rings is 3. The summed E-state index contributed by atoms with van der Waals surface area (Å²) in [6.45, 7) is 0.964. The highest BCUT2D eigenvalue weighted by atomic mass is 15.1. The first-order valence-corrected chi connectivity index (χ1v) is 10.9. The van der Waals surface area contributed by atoms with Crippen LogP contribution in [0.4, 0.5) is 0 Å². The Morgan fingerprint density at radius 3 is 2.29 bits per heavy atom. The van der Waals surface area contributed by atoms with Crippen molar-refractivity contribution in [3.05, 3.63) is 109 Å². The van der Waals surface area contributed by atoms with Crippen LogP contribution in [-0.4, -0.2) is 14.0 Å². The van der Waals surface area contributed by atoms with E-state index in [1.807, 2.05) is 6.07 Å². The molecule has 150 valence electrons. The number of nitrogens with zero attached hydrogens (tertiary/aromatic N) is 3. The van der Waals surface area contributed by atoms with Crippen LogP contribution in [0.1, 0.15) is 12.0 Å². The fourth-order valence-corrected chi connectivity index (χ4v) is 4.64. The van der Waals surface area contributed by atoms with Crippen LogP contribution in [-0.2, 0) is 13.0 Å². The number of para-hydroxylation sites is 1. The van der Waals surface area contributed by atoms with Crippen molar-refractivity contribution in [3.63, 3.8) is 0 Å². The van der Waals surface area contributed by atoms with Gasteiger partial charge in [-0.15, -0.1) is 0 Å². The van der Waals surface area contributed by atoms with Crippen molar-refractivity contribution < 1.29 is 0 Å². The van der Waals surface area contributed by atoms with Crippen LogP contribution in [0.5, 0.6) is 0 Å². The van der Waals surface area contributed by atoms with E-state index in [0.29, 0.717) is 0 Å². The van der Waals surface area contributed by atoms with Crippen LogP contribution in [0, 0.1) is 0 Å². The summed E-state index contributed by atoms with van der Waals surface area (Å²) in [5, 5.41) is 2.57. The summed E-state index contributed by atoms with van der Waals surface area (Å²) in [4.78, 5) is 5.08. The van der Waals surface area contributed by atoms with Crippen LogP contribution in [0.2, 0.25) is 0 Å². The second-order valence-corrected chi connectivity index (χ2v) is 8.06. The number of aromatic nitrogens is 3. The molecule has 3 aromatic carbocycles. The topological polar surface area (TPSA) is 22.2 Å². The van der Waals surface area contributed by atoms with Gasteiger partial charge >= 0.3 is 0 Å². The lowest BCUT2D eigenvalue weighted by atomic mass is 10.1. The minimum Gasteiger partial charge on any atom is -0.337 e. The molecule has 0 unspecified atom stereocenters. The number of rotatable bonds is 5. The highest BCUT2D eigenvalue weighted by molar-refractivity contribution is 6.12. The third kappa shape index (κ3) is 3.10. The van der Waals surface area contributed by atoms with Crippen LogP contribution in [0.15, 0.2) is 103 Å². The van der Waals surface area contributed by atoms with Crippen LogP contribution in [0.3, 0.4) is 0 Å². The van der Waals surface area contributed by atoms with Gasteiger partial charge in [0.05, 0.1) is 11.2 Å². The molecule has 0 saturated carbocycles. The van der Waals surface area contributed by atoms with Gasteiger partial charge in [-0.3, -0.25) is 0 Å². The molecule has 3 heterocycles. The summed E-state index contributed by atoms with van der Waals surface area (Å²) in [6.07, 6.45) is 6.43. The third-order valence-corrected chi connectivity index (χ3v) is 6.12. The molecule has 0 aliphatic carbocycles. The Bertz CT molecular complexity index is 1490. The van der Waals surface area contributed by atoms with Gasteiger partial charge in [0.15, 0.2) is 5.65 Å². The van der Waals surface area contributed by atoms with E-state index in [4.69, 9.17) is 4.98 Å². The zero-order valence-corrected chi connectivity index (χ0v) is 17.3. The van der Waals surface area contributed by atoms with Crippen LogP contribution < -0.4 is 0 Å². The second kappa shape index (κ2) is 7.44. The molecule has 0 aliphatic rings. The van der Waals surface area contributed by atoms with Crippen molar-refractivity contribution in [2.75, 3.05) is 0 Å². The van der Waals surface area contributed by atoms with Gasteiger partial charge in [-0.25, -0.2) is 4.98 Å². The Morgan fingerprint density at radius 2 is 1.45 bits per heavy atom. The molecule has 0 atom stereocenters. The van der Waals surface area contributed by atoms with Gasteiger partial charge < -0.3 is 8.97 Å². The maximum absolute atomic E-state index is 5.08.